The highest BCUT2D eigenvalue weighted by Crippen LogP contribution is 2.21. The van der Waals surface area contributed by atoms with E-state index < -0.39 is 5.97 Å². The van der Waals surface area contributed by atoms with Gasteiger partial charge in [-0.1, -0.05) is 37.2 Å². The molecule has 0 amide bonds. The second-order valence-corrected chi connectivity index (χ2v) is 5.81. The zero-order chi connectivity index (χ0) is 17.7. The summed E-state index contributed by atoms with van der Waals surface area (Å²) < 4.78 is 0. The van der Waals surface area contributed by atoms with Crippen LogP contribution >= 0.6 is 11.6 Å². The summed E-state index contributed by atoms with van der Waals surface area (Å²) in [6.45, 7) is 8.28. The van der Waals surface area contributed by atoms with Crippen LogP contribution in [0.25, 0.3) is 0 Å². The molecule has 1 aliphatic rings. The minimum atomic E-state index is -0.993. The quantitative estimate of drug-likeness (QED) is 0.759. The number of halogens is 1. The summed E-state index contributed by atoms with van der Waals surface area (Å²) in [5, 5.41) is 13.3. The largest absolute Gasteiger partial charge is 0.477 e. The van der Waals surface area contributed by atoms with Crippen LogP contribution in [-0.2, 0) is 17.8 Å². The van der Waals surface area contributed by atoms with Crippen LogP contribution in [0.1, 0.15) is 25.0 Å². The van der Waals surface area contributed by atoms with E-state index in [-0.39, 0.29) is 5.70 Å². The lowest BCUT2D eigenvalue weighted by Gasteiger charge is -2.26. The molecule has 2 rings (SSSR count). The highest BCUT2D eigenvalue weighted by molar-refractivity contribution is 6.30. The molecule has 1 aromatic rings. The molecule has 24 heavy (non-hydrogen) atoms. The minimum absolute atomic E-state index is 0.167. The highest BCUT2D eigenvalue weighted by atomic mass is 35.5. The molecule has 1 aromatic carbocycles. The number of aryl methyl sites for hydroxylation is 1. The van der Waals surface area contributed by atoms with Crippen LogP contribution in [0.2, 0.25) is 5.02 Å². The topological polar surface area (TPSA) is 52.6 Å². The minimum Gasteiger partial charge on any atom is -0.477 e. The van der Waals surface area contributed by atoms with E-state index in [2.05, 4.69) is 18.8 Å². The van der Waals surface area contributed by atoms with E-state index in [1.54, 1.807) is 30.2 Å². The van der Waals surface area contributed by atoms with Crippen molar-refractivity contribution in [2.75, 3.05) is 0 Å². The maximum atomic E-state index is 11.3. The number of allylic oxidation sites excluding steroid dienone is 3. The van der Waals surface area contributed by atoms with Gasteiger partial charge >= 0.3 is 5.97 Å². The van der Waals surface area contributed by atoms with E-state index in [1.165, 1.54) is 5.56 Å². The average Bonchev–Trinajstić information content (AvgIpc) is 2.55. The van der Waals surface area contributed by atoms with Crippen LogP contribution in [0.3, 0.4) is 0 Å². The van der Waals surface area contributed by atoms with Crippen LogP contribution in [0.5, 0.6) is 0 Å². The standard InChI is InChI=1S/C19H21ClN2O2/c1-4-14-7-8-16(20)10-15(14)11-21-17-9-6-13(3)22(12-17)18(5-2)19(23)24/h5-10,12,21H,3-4,11H2,1-2H3,(H,23,24)/b18-5-. The summed E-state index contributed by atoms with van der Waals surface area (Å²) in [6, 6.07) is 5.87. The average molecular weight is 345 g/mol. The molecule has 0 atom stereocenters. The van der Waals surface area contributed by atoms with Crippen molar-refractivity contribution < 1.29 is 9.90 Å². The molecule has 0 saturated heterocycles. The predicted octanol–water partition coefficient (Wildman–Crippen LogP) is 4.21. The van der Waals surface area contributed by atoms with Crippen molar-refractivity contribution in [1.82, 2.24) is 10.2 Å². The van der Waals surface area contributed by atoms with Crippen molar-refractivity contribution >= 4 is 17.6 Å². The van der Waals surface area contributed by atoms with Gasteiger partial charge in [0, 0.05) is 23.5 Å². The molecule has 0 fully saturated rings. The summed E-state index contributed by atoms with van der Waals surface area (Å²) >= 11 is 6.08. The zero-order valence-electron chi connectivity index (χ0n) is 13.8. The Morgan fingerprint density at radius 2 is 2.12 bits per heavy atom. The number of carboxylic acids is 1. The number of aliphatic carboxylic acids is 1. The molecule has 0 saturated carbocycles. The Bertz CT molecular complexity index is 748. The number of benzene rings is 1. The molecule has 4 nitrogen and oxygen atoms in total. The molecule has 5 heteroatoms. The van der Waals surface area contributed by atoms with Crippen molar-refractivity contribution in [2.45, 2.75) is 26.8 Å². The van der Waals surface area contributed by atoms with Gasteiger partial charge in [0.05, 0.1) is 5.70 Å². The summed E-state index contributed by atoms with van der Waals surface area (Å²) in [7, 11) is 0. The van der Waals surface area contributed by atoms with E-state index >= 15 is 0 Å². The van der Waals surface area contributed by atoms with E-state index in [0.29, 0.717) is 17.3 Å². The van der Waals surface area contributed by atoms with Crippen LogP contribution in [0.4, 0.5) is 0 Å². The molecule has 1 heterocycles. The molecule has 2 N–H and O–H groups in total. The lowest BCUT2D eigenvalue weighted by molar-refractivity contribution is -0.133. The lowest BCUT2D eigenvalue weighted by atomic mass is 10.1. The van der Waals surface area contributed by atoms with Crippen LogP contribution < -0.4 is 5.32 Å². The monoisotopic (exact) mass is 344 g/mol. The normalized spacial score (nSPS) is 14.6. The van der Waals surface area contributed by atoms with Gasteiger partial charge in [0.1, 0.15) is 5.70 Å². The Morgan fingerprint density at radius 1 is 1.38 bits per heavy atom. The molecule has 0 aliphatic carbocycles. The maximum Gasteiger partial charge on any atom is 0.352 e. The number of nitrogens with one attached hydrogen (secondary N) is 1. The third-order valence-corrected chi connectivity index (χ3v) is 4.05. The molecule has 0 aromatic heterocycles. The second kappa shape index (κ2) is 7.88. The third-order valence-electron chi connectivity index (χ3n) is 3.82. The van der Waals surface area contributed by atoms with Gasteiger partial charge in [0.25, 0.3) is 0 Å². The van der Waals surface area contributed by atoms with E-state index in [1.807, 2.05) is 24.3 Å². The smallest absolute Gasteiger partial charge is 0.352 e. The Balaban J connectivity index is 2.18. The summed E-state index contributed by atoms with van der Waals surface area (Å²) in [6.07, 6.45) is 7.88. The fraction of sp³-hybridized carbons (Fsp3) is 0.211. The predicted molar refractivity (Wildman–Crippen MR) is 97.3 cm³/mol. The van der Waals surface area contributed by atoms with Gasteiger partial charge in [0.15, 0.2) is 0 Å². The Kier molecular flexibility index (Phi) is 5.88. The fourth-order valence-electron chi connectivity index (χ4n) is 2.53. The molecule has 0 spiro atoms. The number of rotatable bonds is 6. The lowest BCUT2D eigenvalue weighted by Crippen LogP contribution is -2.26. The molecule has 0 bridgehead atoms. The Hall–Kier alpha value is -2.46. The Labute approximate surface area is 147 Å². The first-order valence-corrected chi connectivity index (χ1v) is 8.12. The molecule has 0 unspecified atom stereocenters. The van der Waals surface area contributed by atoms with E-state index in [0.717, 1.165) is 17.7 Å². The van der Waals surface area contributed by atoms with Gasteiger partial charge < -0.3 is 15.3 Å². The first kappa shape index (κ1) is 17.9. The van der Waals surface area contributed by atoms with Gasteiger partial charge in [0.2, 0.25) is 0 Å². The number of carboxylic acid groups (broad SMARTS) is 1. The second-order valence-electron chi connectivity index (χ2n) is 5.38. The number of carbonyl (C=O) groups is 1. The summed E-state index contributed by atoms with van der Waals surface area (Å²) in [5.41, 5.74) is 3.94. The molecular formula is C19H21ClN2O2. The van der Waals surface area contributed by atoms with Crippen LogP contribution in [0.15, 0.2) is 66.3 Å². The summed E-state index contributed by atoms with van der Waals surface area (Å²) in [4.78, 5) is 12.9. The van der Waals surface area contributed by atoms with Crippen LogP contribution in [0, 0.1) is 0 Å². The Morgan fingerprint density at radius 3 is 2.75 bits per heavy atom. The number of hydrogen-bond donors (Lipinski definition) is 2. The zero-order valence-corrected chi connectivity index (χ0v) is 14.6. The van der Waals surface area contributed by atoms with Gasteiger partial charge in [-0.2, -0.15) is 0 Å². The van der Waals surface area contributed by atoms with E-state index in [9.17, 15) is 9.90 Å². The maximum absolute atomic E-state index is 11.3. The summed E-state index contributed by atoms with van der Waals surface area (Å²) in [5.74, 6) is -0.993. The van der Waals surface area contributed by atoms with Crippen molar-refractivity contribution in [3.63, 3.8) is 0 Å². The first-order chi connectivity index (χ1) is 11.5. The van der Waals surface area contributed by atoms with Gasteiger partial charge in [-0.3, -0.25) is 0 Å². The first-order valence-electron chi connectivity index (χ1n) is 7.75. The number of nitrogens with zero attached hydrogens (tertiary/aromatic N) is 1. The van der Waals surface area contributed by atoms with Crippen molar-refractivity contribution in [3.8, 4) is 0 Å². The third kappa shape index (κ3) is 4.09. The van der Waals surface area contributed by atoms with Crippen molar-refractivity contribution in [3.05, 3.63) is 82.4 Å². The van der Waals surface area contributed by atoms with Gasteiger partial charge in [-0.25, -0.2) is 4.79 Å². The number of hydrogen-bond acceptors (Lipinski definition) is 3. The fourth-order valence-corrected chi connectivity index (χ4v) is 2.72. The molecule has 126 valence electrons. The van der Waals surface area contributed by atoms with E-state index in [4.69, 9.17) is 11.6 Å². The van der Waals surface area contributed by atoms with Gasteiger partial charge in [-0.05, 0) is 48.8 Å². The van der Waals surface area contributed by atoms with Crippen LogP contribution in [-0.4, -0.2) is 16.0 Å². The molecular weight excluding hydrogens is 324 g/mol. The SMILES string of the molecule is C=C1C=CC(NCc2cc(Cl)ccc2CC)=CN1/C(=C\C)C(=O)O. The highest BCUT2D eigenvalue weighted by Gasteiger charge is 2.18. The van der Waals surface area contributed by atoms with Crippen molar-refractivity contribution in [1.29, 1.82) is 0 Å². The molecule has 0 radical (unpaired) electrons. The molecule has 1 aliphatic heterocycles. The van der Waals surface area contributed by atoms with Crippen molar-refractivity contribution in [2.24, 2.45) is 0 Å². The van der Waals surface area contributed by atoms with Gasteiger partial charge in [-0.15, -0.1) is 0 Å².